The zero-order valence-corrected chi connectivity index (χ0v) is 17.6. The first kappa shape index (κ1) is 21.8. The second kappa shape index (κ2) is 9.35. The van der Waals surface area contributed by atoms with Gasteiger partial charge in [0.15, 0.2) is 0 Å². The van der Waals surface area contributed by atoms with E-state index in [0.717, 1.165) is 4.90 Å². The van der Waals surface area contributed by atoms with E-state index in [0.29, 0.717) is 28.3 Å². The smallest absolute Gasteiger partial charge is 0.335 e. The van der Waals surface area contributed by atoms with E-state index in [9.17, 15) is 18.8 Å². The topological polar surface area (TPSA) is 84.9 Å². The number of halogens is 1. The Bertz CT molecular complexity index is 1250. The Kier molecular flexibility index (Phi) is 6.17. The van der Waals surface area contributed by atoms with Crippen LogP contribution in [0.25, 0.3) is 6.08 Å². The number of nitrogens with zero attached hydrogens (tertiary/aromatic N) is 1. The molecule has 0 radical (unpaired) electrons. The average molecular weight is 446 g/mol. The van der Waals surface area contributed by atoms with Crippen molar-refractivity contribution in [3.8, 4) is 11.5 Å². The number of nitrogens with one attached hydrogen (secondary N) is 1. The summed E-state index contributed by atoms with van der Waals surface area (Å²) >= 11 is 0. The molecular formula is C25H19FN2O5. The number of methoxy groups -OCH3 is 1. The van der Waals surface area contributed by atoms with Crippen LogP contribution in [0, 0.1) is 5.82 Å². The number of amides is 4. The van der Waals surface area contributed by atoms with Crippen LogP contribution in [0.2, 0.25) is 0 Å². The molecule has 3 aromatic rings. The minimum Gasteiger partial charge on any atom is -0.497 e. The van der Waals surface area contributed by atoms with Gasteiger partial charge in [-0.1, -0.05) is 24.3 Å². The number of rotatable bonds is 6. The molecule has 166 valence electrons. The first-order valence-electron chi connectivity index (χ1n) is 9.97. The molecule has 4 amide bonds. The summed E-state index contributed by atoms with van der Waals surface area (Å²) in [7, 11) is 1.50. The minimum atomic E-state index is -0.834. The van der Waals surface area contributed by atoms with Crippen LogP contribution in [-0.4, -0.2) is 25.0 Å². The molecule has 1 fully saturated rings. The lowest BCUT2D eigenvalue weighted by Crippen LogP contribution is -2.54. The highest BCUT2D eigenvalue weighted by Crippen LogP contribution is 2.25. The van der Waals surface area contributed by atoms with Crippen molar-refractivity contribution in [1.29, 1.82) is 0 Å². The lowest BCUT2D eigenvalue weighted by atomic mass is 10.1. The van der Waals surface area contributed by atoms with Crippen molar-refractivity contribution in [2.45, 2.75) is 6.61 Å². The zero-order chi connectivity index (χ0) is 23.4. The maximum atomic E-state index is 13.3. The number of hydrogen-bond acceptors (Lipinski definition) is 5. The third-order valence-electron chi connectivity index (χ3n) is 4.90. The second-order valence-corrected chi connectivity index (χ2v) is 7.15. The quantitative estimate of drug-likeness (QED) is 0.456. The molecule has 4 rings (SSSR count). The predicted octanol–water partition coefficient (Wildman–Crippen LogP) is 4.08. The second-order valence-electron chi connectivity index (χ2n) is 7.15. The van der Waals surface area contributed by atoms with Crippen molar-refractivity contribution < 1.29 is 28.2 Å². The summed E-state index contributed by atoms with van der Waals surface area (Å²) in [5.41, 5.74) is 1.28. The van der Waals surface area contributed by atoms with E-state index in [1.807, 2.05) is 0 Å². The van der Waals surface area contributed by atoms with Gasteiger partial charge >= 0.3 is 6.03 Å². The molecule has 8 heteroatoms. The largest absolute Gasteiger partial charge is 0.497 e. The highest BCUT2D eigenvalue weighted by Gasteiger charge is 2.36. The number of anilines is 1. The Balaban J connectivity index is 1.56. The number of urea groups is 1. The molecule has 1 N–H and O–H groups in total. The number of benzene rings is 3. The highest BCUT2D eigenvalue weighted by molar-refractivity contribution is 6.39. The number of barbiturate groups is 1. The van der Waals surface area contributed by atoms with Crippen LogP contribution >= 0.6 is 0 Å². The molecule has 0 bridgehead atoms. The fraction of sp³-hybridized carbons (Fsp3) is 0.0800. The number of imide groups is 2. The van der Waals surface area contributed by atoms with Crippen molar-refractivity contribution in [2.24, 2.45) is 0 Å². The lowest BCUT2D eigenvalue weighted by molar-refractivity contribution is -0.122. The first-order chi connectivity index (χ1) is 15.9. The Labute approximate surface area is 189 Å². The lowest BCUT2D eigenvalue weighted by Gasteiger charge is -2.26. The molecule has 0 unspecified atom stereocenters. The molecule has 0 spiro atoms. The molecule has 0 aromatic heterocycles. The van der Waals surface area contributed by atoms with Gasteiger partial charge in [0.05, 0.1) is 12.8 Å². The third-order valence-corrected chi connectivity index (χ3v) is 4.90. The molecule has 1 aliphatic heterocycles. The average Bonchev–Trinajstić information content (AvgIpc) is 2.81. The molecule has 1 saturated heterocycles. The summed E-state index contributed by atoms with van der Waals surface area (Å²) in [6.45, 7) is 0.150. The van der Waals surface area contributed by atoms with Gasteiger partial charge in [-0.3, -0.25) is 14.9 Å². The molecular weight excluding hydrogens is 427 g/mol. The maximum Gasteiger partial charge on any atom is 0.335 e. The van der Waals surface area contributed by atoms with E-state index in [1.54, 1.807) is 60.7 Å². The molecule has 0 aliphatic carbocycles. The Morgan fingerprint density at radius 2 is 1.70 bits per heavy atom. The van der Waals surface area contributed by atoms with Crippen LogP contribution in [-0.2, 0) is 16.2 Å². The fourth-order valence-electron chi connectivity index (χ4n) is 3.28. The fourth-order valence-corrected chi connectivity index (χ4v) is 3.28. The van der Waals surface area contributed by atoms with Crippen LogP contribution in [0.5, 0.6) is 11.5 Å². The molecule has 0 saturated carbocycles. The van der Waals surface area contributed by atoms with E-state index < -0.39 is 17.8 Å². The summed E-state index contributed by atoms with van der Waals surface area (Å²) in [5.74, 6) is -0.862. The van der Waals surface area contributed by atoms with E-state index in [-0.39, 0.29) is 18.0 Å². The van der Waals surface area contributed by atoms with Crippen molar-refractivity contribution in [1.82, 2.24) is 5.32 Å². The van der Waals surface area contributed by atoms with Crippen LogP contribution in [0.4, 0.5) is 14.9 Å². The molecule has 1 heterocycles. The summed E-state index contributed by atoms with van der Waals surface area (Å²) < 4.78 is 24.1. The summed E-state index contributed by atoms with van der Waals surface area (Å²) in [5, 5.41) is 2.18. The van der Waals surface area contributed by atoms with Gasteiger partial charge in [-0.2, -0.15) is 0 Å². The van der Waals surface area contributed by atoms with Gasteiger partial charge in [0.25, 0.3) is 11.8 Å². The minimum absolute atomic E-state index is 0.150. The molecule has 0 atom stereocenters. The SMILES string of the molecule is COc1ccc(N2C(=O)NC(=O)/C(=C\c3cccc(OCc4cccc(F)c4)c3)C2=O)cc1. The molecule has 33 heavy (non-hydrogen) atoms. The molecule has 7 nitrogen and oxygen atoms in total. The predicted molar refractivity (Wildman–Crippen MR) is 119 cm³/mol. The van der Waals surface area contributed by atoms with Crippen molar-refractivity contribution in [3.05, 3.63) is 95.3 Å². The Morgan fingerprint density at radius 1 is 0.939 bits per heavy atom. The normalized spacial score (nSPS) is 14.9. The summed E-state index contributed by atoms with van der Waals surface area (Å²) in [6.07, 6.45) is 1.38. The van der Waals surface area contributed by atoms with E-state index >= 15 is 0 Å². The molecule has 1 aliphatic rings. The van der Waals surface area contributed by atoms with E-state index in [2.05, 4.69) is 5.32 Å². The van der Waals surface area contributed by atoms with Gasteiger partial charge in [-0.15, -0.1) is 0 Å². The van der Waals surface area contributed by atoms with Gasteiger partial charge in [0, 0.05) is 0 Å². The van der Waals surface area contributed by atoms with Crippen LogP contribution in [0.15, 0.2) is 78.4 Å². The number of hydrogen-bond donors (Lipinski definition) is 1. The van der Waals surface area contributed by atoms with E-state index in [4.69, 9.17) is 9.47 Å². The van der Waals surface area contributed by atoms with Crippen molar-refractivity contribution in [3.63, 3.8) is 0 Å². The maximum absolute atomic E-state index is 13.3. The highest BCUT2D eigenvalue weighted by atomic mass is 19.1. The first-order valence-corrected chi connectivity index (χ1v) is 9.97. The van der Waals surface area contributed by atoms with Crippen LogP contribution < -0.4 is 19.7 Å². The van der Waals surface area contributed by atoms with Gasteiger partial charge in [0.1, 0.15) is 29.5 Å². The van der Waals surface area contributed by atoms with Crippen LogP contribution in [0.1, 0.15) is 11.1 Å². The number of carbonyl (C=O) groups is 3. The van der Waals surface area contributed by atoms with Gasteiger partial charge < -0.3 is 9.47 Å². The number of carbonyl (C=O) groups excluding carboxylic acids is 3. The Morgan fingerprint density at radius 3 is 2.42 bits per heavy atom. The zero-order valence-electron chi connectivity index (χ0n) is 17.6. The third kappa shape index (κ3) is 4.90. The van der Waals surface area contributed by atoms with Crippen molar-refractivity contribution >= 4 is 29.6 Å². The summed E-state index contributed by atoms with van der Waals surface area (Å²) in [4.78, 5) is 38.6. The van der Waals surface area contributed by atoms with Gasteiger partial charge in [0.2, 0.25) is 0 Å². The van der Waals surface area contributed by atoms with Crippen molar-refractivity contribution in [2.75, 3.05) is 12.0 Å². The van der Waals surface area contributed by atoms with E-state index in [1.165, 1.54) is 25.3 Å². The van der Waals surface area contributed by atoms with Gasteiger partial charge in [-0.25, -0.2) is 14.1 Å². The Hall–Kier alpha value is -4.46. The standard InChI is InChI=1S/C25H19FN2O5/c1-32-20-10-8-19(9-11-20)28-24(30)22(23(29)27-25(28)31)14-16-4-3-7-21(13-16)33-15-17-5-2-6-18(26)12-17/h2-14H,15H2,1H3,(H,27,29,31)/b22-14+. The number of ether oxygens (including phenoxy) is 2. The van der Waals surface area contributed by atoms with Gasteiger partial charge in [-0.05, 0) is 65.7 Å². The summed E-state index contributed by atoms with van der Waals surface area (Å²) in [6, 6.07) is 18.3. The molecule has 3 aromatic carbocycles. The monoisotopic (exact) mass is 446 g/mol. The van der Waals surface area contributed by atoms with Crippen LogP contribution in [0.3, 0.4) is 0 Å².